The monoisotopic (exact) mass is 260 g/mol. The molecule has 0 unspecified atom stereocenters. The third-order valence-corrected chi connectivity index (χ3v) is 2.89. The first kappa shape index (κ1) is 12.6. The van der Waals surface area contributed by atoms with E-state index in [-0.39, 0.29) is 5.91 Å². The van der Waals surface area contributed by atoms with Crippen molar-refractivity contribution in [3.05, 3.63) is 64.4 Å². The molecule has 0 aliphatic carbocycles. The number of hydrogen-bond acceptors (Lipinski definition) is 2. The van der Waals surface area contributed by atoms with Crippen LogP contribution in [0.15, 0.2) is 42.6 Å². The largest absolute Gasteiger partial charge is 0.347 e. The molecule has 0 aliphatic heterocycles. The predicted octanol–water partition coefficient (Wildman–Crippen LogP) is 2.97. The van der Waals surface area contributed by atoms with E-state index in [0.717, 1.165) is 11.1 Å². The molecule has 1 heterocycles. The highest BCUT2D eigenvalue weighted by atomic mass is 35.5. The first-order chi connectivity index (χ1) is 8.66. The fourth-order valence-electron chi connectivity index (χ4n) is 1.60. The molecule has 2 rings (SSSR count). The Labute approximate surface area is 111 Å². The molecule has 2 aromatic rings. The van der Waals surface area contributed by atoms with E-state index >= 15 is 0 Å². The van der Waals surface area contributed by atoms with Crippen molar-refractivity contribution in [2.24, 2.45) is 0 Å². The lowest BCUT2D eigenvalue weighted by molar-refractivity contribution is 0.0946. The zero-order chi connectivity index (χ0) is 13.0. The Morgan fingerprint density at radius 1 is 1.33 bits per heavy atom. The zero-order valence-electron chi connectivity index (χ0n) is 9.98. The van der Waals surface area contributed by atoms with Crippen LogP contribution in [0.3, 0.4) is 0 Å². The summed E-state index contributed by atoms with van der Waals surface area (Å²) in [4.78, 5) is 15.8. The predicted molar refractivity (Wildman–Crippen MR) is 71.6 cm³/mol. The van der Waals surface area contributed by atoms with Gasteiger partial charge < -0.3 is 5.32 Å². The normalized spacial score (nSPS) is 10.1. The minimum absolute atomic E-state index is 0.222. The Balaban J connectivity index is 2.03. The number of halogens is 1. The van der Waals surface area contributed by atoms with Crippen LogP contribution in [0.1, 0.15) is 21.6 Å². The molecule has 1 aromatic carbocycles. The summed E-state index contributed by atoms with van der Waals surface area (Å²) in [5.74, 6) is -0.222. The number of nitrogens with one attached hydrogen (secondary N) is 1. The summed E-state index contributed by atoms with van der Waals surface area (Å²) < 4.78 is 0. The first-order valence-corrected chi connectivity index (χ1v) is 5.99. The topological polar surface area (TPSA) is 42.0 Å². The van der Waals surface area contributed by atoms with Gasteiger partial charge >= 0.3 is 0 Å². The van der Waals surface area contributed by atoms with Gasteiger partial charge in [-0.2, -0.15) is 0 Å². The summed E-state index contributed by atoms with van der Waals surface area (Å²) in [6.45, 7) is 2.50. The van der Waals surface area contributed by atoms with Gasteiger partial charge in [0.15, 0.2) is 0 Å². The van der Waals surface area contributed by atoms with Crippen LogP contribution < -0.4 is 5.32 Å². The minimum Gasteiger partial charge on any atom is -0.347 e. The molecule has 18 heavy (non-hydrogen) atoms. The summed E-state index contributed by atoms with van der Waals surface area (Å²) in [6, 6.07) is 11.1. The Morgan fingerprint density at radius 2 is 2.11 bits per heavy atom. The molecule has 92 valence electrons. The number of pyridine rings is 1. The highest BCUT2D eigenvalue weighted by Gasteiger charge is 2.07. The molecule has 0 fully saturated rings. The molecule has 1 amide bonds. The van der Waals surface area contributed by atoms with E-state index in [9.17, 15) is 4.79 Å². The van der Waals surface area contributed by atoms with Crippen LogP contribution in [0, 0.1) is 6.92 Å². The number of hydrogen-bond donors (Lipinski definition) is 1. The van der Waals surface area contributed by atoms with E-state index in [1.54, 1.807) is 12.1 Å². The SMILES string of the molecule is Cc1ccccc1CNC(=O)c1cc(Cl)ccn1. The van der Waals surface area contributed by atoms with Gasteiger partial charge in [-0.1, -0.05) is 35.9 Å². The lowest BCUT2D eigenvalue weighted by atomic mass is 10.1. The number of aryl methyl sites for hydroxylation is 1. The van der Waals surface area contributed by atoms with Gasteiger partial charge in [0.1, 0.15) is 5.69 Å². The van der Waals surface area contributed by atoms with E-state index in [0.29, 0.717) is 17.3 Å². The fourth-order valence-corrected chi connectivity index (χ4v) is 1.76. The van der Waals surface area contributed by atoms with Gasteiger partial charge in [-0.25, -0.2) is 0 Å². The van der Waals surface area contributed by atoms with Crippen LogP contribution in [-0.4, -0.2) is 10.9 Å². The maximum absolute atomic E-state index is 11.8. The zero-order valence-corrected chi connectivity index (χ0v) is 10.7. The number of benzene rings is 1. The average Bonchev–Trinajstić information content (AvgIpc) is 2.37. The maximum Gasteiger partial charge on any atom is 0.270 e. The molecular weight excluding hydrogens is 248 g/mol. The highest BCUT2D eigenvalue weighted by molar-refractivity contribution is 6.30. The molecule has 0 saturated heterocycles. The summed E-state index contributed by atoms with van der Waals surface area (Å²) in [6.07, 6.45) is 1.52. The van der Waals surface area contributed by atoms with Gasteiger partial charge in [0.05, 0.1) is 0 Å². The number of carbonyl (C=O) groups excluding carboxylic acids is 1. The van der Waals surface area contributed by atoms with E-state index in [2.05, 4.69) is 10.3 Å². The van der Waals surface area contributed by atoms with Crippen molar-refractivity contribution in [2.45, 2.75) is 13.5 Å². The third kappa shape index (κ3) is 3.08. The van der Waals surface area contributed by atoms with Gasteiger partial charge in [-0.3, -0.25) is 9.78 Å². The van der Waals surface area contributed by atoms with Crippen molar-refractivity contribution >= 4 is 17.5 Å². The highest BCUT2D eigenvalue weighted by Crippen LogP contribution is 2.09. The van der Waals surface area contributed by atoms with Gasteiger partial charge in [0.2, 0.25) is 0 Å². The van der Waals surface area contributed by atoms with Crippen LogP contribution in [0.5, 0.6) is 0 Å². The molecule has 0 bridgehead atoms. The second-order valence-electron chi connectivity index (χ2n) is 3.97. The van der Waals surface area contributed by atoms with Crippen LogP contribution in [0.2, 0.25) is 5.02 Å². The molecule has 0 atom stereocenters. The second-order valence-corrected chi connectivity index (χ2v) is 4.40. The summed E-state index contributed by atoms with van der Waals surface area (Å²) in [5, 5.41) is 3.33. The van der Waals surface area contributed by atoms with Crippen LogP contribution in [-0.2, 0) is 6.54 Å². The van der Waals surface area contributed by atoms with Crippen LogP contribution in [0.4, 0.5) is 0 Å². The smallest absolute Gasteiger partial charge is 0.270 e. The van der Waals surface area contributed by atoms with Crippen molar-refractivity contribution in [1.82, 2.24) is 10.3 Å². The van der Waals surface area contributed by atoms with Gasteiger partial charge in [-0.15, -0.1) is 0 Å². The molecule has 0 spiro atoms. The Morgan fingerprint density at radius 3 is 2.83 bits per heavy atom. The number of carbonyl (C=O) groups is 1. The molecule has 4 heteroatoms. The van der Waals surface area contributed by atoms with Gasteiger partial charge in [0, 0.05) is 17.8 Å². The number of aromatic nitrogens is 1. The lowest BCUT2D eigenvalue weighted by Gasteiger charge is -2.07. The van der Waals surface area contributed by atoms with Crippen molar-refractivity contribution in [1.29, 1.82) is 0 Å². The molecule has 0 aliphatic rings. The fraction of sp³-hybridized carbons (Fsp3) is 0.143. The summed E-state index contributed by atoms with van der Waals surface area (Å²) in [7, 11) is 0. The maximum atomic E-state index is 11.8. The van der Waals surface area contributed by atoms with Crippen molar-refractivity contribution in [3.63, 3.8) is 0 Å². The molecule has 3 nitrogen and oxygen atoms in total. The van der Waals surface area contributed by atoms with Crippen molar-refractivity contribution < 1.29 is 4.79 Å². The van der Waals surface area contributed by atoms with Gasteiger partial charge in [0.25, 0.3) is 5.91 Å². The molecule has 0 radical (unpaired) electrons. The van der Waals surface area contributed by atoms with E-state index in [1.807, 2.05) is 31.2 Å². The van der Waals surface area contributed by atoms with Gasteiger partial charge in [-0.05, 0) is 30.2 Å². The molecule has 0 saturated carbocycles. The minimum atomic E-state index is -0.222. The summed E-state index contributed by atoms with van der Waals surface area (Å²) in [5.41, 5.74) is 2.57. The Kier molecular flexibility index (Phi) is 3.95. The summed E-state index contributed by atoms with van der Waals surface area (Å²) >= 11 is 5.81. The molecular formula is C14H13ClN2O. The average molecular weight is 261 g/mol. The van der Waals surface area contributed by atoms with Crippen molar-refractivity contribution in [2.75, 3.05) is 0 Å². The number of nitrogens with zero attached hydrogens (tertiary/aromatic N) is 1. The lowest BCUT2D eigenvalue weighted by Crippen LogP contribution is -2.24. The second kappa shape index (κ2) is 5.65. The number of amides is 1. The van der Waals surface area contributed by atoms with E-state index in [4.69, 9.17) is 11.6 Å². The Hall–Kier alpha value is -1.87. The Bertz CT molecular complexity index is 569. The third-order valence-electron chi connectivity index (χ3n) is 2.66. The molecule has 1 aromatic heterocycles. The van der Waals surface area contributed by atoms with Crippen LogP contribution >= 0.6 is 11.6 Å². The van der Waals surface area contributed by atoms with E-state index in [1.165, 1.54) is 6.20 Å². The number of rotatable bonds is 3. The van der Waals surface area contributed by atoms with Crippen molar-refractivity contribution in [3.8, 4) is 0 Å². The first-order valence-electron chi connectivity index (χ1n) is 5.61. The van der Waals surface area contributed by atoms with Crippen LogP contribution in [0.25, 0.3) is 0 Å². The molecule has 1 N–H and O–H groups in total. The quantitative estimate of drug-likeness (QED) is 0.922. The van der Waals surface area contributed by atoms with E-state index < -0.39 is 0 Å². The standard InChI is InChI=1S/C14H13ClN2O/c1-10-4-2-3-5-11(10)9-17-14(18)13-8-12(15)6-7-16-13/h2-8H,9H2,1H3,(H,17,18).